The average Bonchev–Trinajstić information content (AvgIpc) is 2.55. The fraction of sp³-hybridized carbons (Fsp3) is 0.600. The molecule has 1 aliphatic rings. The van der Waals surface area contributed by atoms with E-state index in [1.54, 1.807) is 6.92 Å². The van der Waals surface area contributed by atoms with E-state index in [0.29, 0.717) is 6.54 Å². The lowest BCUT2D eigenvalue weighted by atomic mass is 10.00. The number of piperidine rings is 1. The summed E-state index contributed by atoms with van der Waals surface area (Å²) in [5, 5.41) is 0. The molecule has 0 radical (unpaired) electrons. The van der Waals surface area contributed by atoms with Gasteiger partial charge >= 0.3 is 0 Å². The summed E-state index contributed by atoms with van der Waals surface area (Å²) in [6.45, 7) is 3.75. The van der Waals surface area contributed by atoms with Crippen LogP contribution in [0.25, 0.3) is 0 Å². The molecule has 0 aliphatic carbocycles. The lowest BCUT2D eigenvalue weighted by molar-refractivity contribution is 0.227. The van der Waals surface area contributed by atoms with E-state index in [2.05, 4.69) is 0 Å². The average molecular weight is 361 g/mol. The molecule has 0 amide bonds. The van der Waals surface area contributed by atoms with E-state index in [4.69, 9.17) is 5.73 Å². The van der Waals surface area contributed by atoms with Gasteiger partial charge in [-0.25, -0.2) is 16.8 Å². The van der Waals surface area contributed by atoms with Crippen molar-refractivity contribution in [3.63, 3.8) is 0 Å². The third-order valence-corrected chi connectivity index (χ3v) is 7.91. The Kier molecular flexibility index (Phi) is 5.50. The highest BCUT2D eigenvalue weighted by Gasteiger charge is 2.35. The van der Waals surface area contributed by atoms with Crippen molar-refractivity contribution in [3.8, 4) is 0 Å². The molecule has 1 heterocycles. The zero-order valence-electron chi connectivity index (χ0n) is 13.5. The molecule has 23 heavy (non-hydrogen) atoms. The largest absolute Gasteiger partial charge is 0.326 e. The fourth-order valence-electron chi connectivity index (χ4n) is 2.88. The summed E-state index contributed by atoms with van der Waals surface area (Å²) in [5.41, 5.74) is 5.95. The molecule has 1 aromatic rings. The minimum Gasteiger partial charge on any atom is -0.326 e. The van der Waals surface area contributed by atoms with Crippen molar-refractivity contribution in [2.75, 3.05) is 12.3 Å². The van der Waals surface area contributed by atoms with Crippen LogP contribution in [0.4, 0.5) is 0 Å². The summed E-state index contributed by atoms with van der Waals surface area (Å²) in [7, 11) is -7.21. The number of nitrogens with two attached hydrogens (primary N) is 1. The number of sulfonamides is 1. The Balaban J connectivity index is 2.45. The van der Waals surface area contributed by atoms with Gasteiger partial charge < -0.3 is 5.73 Å². The van der Waals surface area contributed by atoms with Gasteiger partial charge in [0.1, 0.15) is 0 Å². The third kappa shape index (κ3) is 3.76. The number of rotatable bonds is 5. The van der Waals surface area contributed by atoms with Crippen LogP contribution in [0, 0.1) is 0 Å². The maximum absolute atomic E-state index is 12.9. The first kappa shape index (κ1) is 18.4. The number of sulfone groups is 1. The van der Waals surface area contributed by atoms with Crippen LogP contribution in [-0.4, -0.2) is 45.5 Å². The molecule has 6 nitrogen and oxygen atoms in total. The molecule has 8 heteroatoms. The normalized spacial score (nSPS) is 22.0. The van der Waals surface area contributed by atoms with Crippen molar-refractivity contribution in [3.05, 3.63) is 24.3 Å². The van der Waals surface area contributed by atoms with Gasteiger partial charge in [-0.2, -0.15) is 4.31 Å². The molecular weight excluding hydrogens is 336 g/mol. The Hall–Kier alpha value is -0.960. The van der Waals surface area contributed by atoms with Gasteiger partial charge in [0.25, 0.3) is 0 Å². The Morgan fingerprint density at radius 3 is 2.48 bits per heavy atom. The summed E-state index contributed by atoms with van der Waals surface area (Å²) in [6, 6.07) is 5.07. The predicted molar refractivity (Wildman–Crippen MR) is 89.3 cm³/mol. The van der Waals surface area contributed by atoms with Gasteiger partial charge in [-0.15, -0.1) is 0 Å². The maximum Gasteiger partial charge on any atom is 0.243 e. The highest BCUT2D eigenvalue weighted by atomic mass is 32.2. The van der Waals surface area contributed by atoms with Crippen molar-refractivity contribution in [2.45, 2.75) is 55.0 Å². The summed E-state index contributed by atoms with van der Waals surface area (Å²) >= 11 is 0. The Bertz CT molecular complexity index is 757. The lowest BCUT2D eigenvalue weighted by Gasteiger charge is -2.36. The number of hydrogen-bond donors (Lipinski definition) is 1. The first-order valence-corrected chi connectivity index (χ1v) is 10.9. The van der Waals surface area contributed by atoms with Crippen molar-refractivity contribution in [1.82, 2.24) is 4.31 Å². The van der Waals surface area contributed by atoms with Gasteiger partial charge in [0.2, 0.25) is 10.0 Å². The highest BCUT2D eigenvalue weighted by molar-refractivity contribution is 7.91. The van der Waals surface area contributed by atoms with Crippen molar-refractivity contribution >= 4 is 19.9 Å². The van der Waals surface area contributed by atoms with Crippen LogP contribution in [-0.2, 0) is 19.9 Å². The van der Waals surface area contributed by atoms with Crippen molar-refractivity contribution in [1.29, 1.82) is 0 Å². The first-order valence-electron chi connectivity index (χ1n) is 7.80. The first-order chi connectivity index (χ1) is 10.7. The van der Waals surface area contributed by atoms with E-state index in [1.165, 1.54) is 35.5 Å². The molecule has 1 saturated heterocycles. The van der Waals surface area contributed by atoms with E-state index in [-0.39, 0.29) is 27.6 Å². The summed E-state index contributed by atoms with van der Waals surface area (Å²) in [4.78, 5) is 0.0509. The van der Waals surface area contributed by atoms with Gasteiger partial charge in [-0.3, -0.25) is 0 Å². The molecule has 0 saturated carbocycles. The molecule has 2 rings (SSSR count). The third-order valence-electron chi connectivity index (χ3n) is 4.26. The van der Waals surface area contributed by atoms with Crippen LogP contribution in [0.3, 0.4) is 0 Å². The minimum atomic E-state index is -3.76. The minimum absolute atomic E-state index is 0.0135. The molecule has 1 fully saturated rings. The Morgan fingerprint density at radius 1 is 1.22 bits per heavy atom. The maximum atomic E-state index is 12.9. The van der Waals surface area contributed by atoms with Gasteiger partial charge in [0.05, 0.1) is 15.5 Å². The second-order valence-electron chi connectivity index (χ2n) is 5.92. The van der Waals surface area contributed by atoms with Crippen LogP contribution in [0.2, 0.25) is 0 Å². The molecule has 1 aliphatic heterocycles. The molecule has 130 valence electrons. The van der Waals surface area contributed by atoms with Gasteiger partial charge in [-0.1, -0.05) is 19.4 Å². The van der Waals surface area contributed by atoms with Crippen molar-refractivity contribution in [2.24, 2.45) is 5.73 Å². The van der Waals surface area contributed by atoms with E-state index in [0.717, 1.165) is 19.3 Å². The molecule has 0 unspecified atom stereocenters. The quantitative estimate of drug-likeness (QED) is 0.855. The molecule has 2 atom stereocenters. The SMILES string of the molecule is CCS(=O)(=O)c1cccc(S(=O)(=O)N2CCCC[C@@H]2[C@H](C)N)c1. The molecular formula is C15H24N2O4S2. The fourth-order valence-corrected chi connectivity index (χ4v) is 5.71. The highest BCUT2D eigenvalue weighted by Crippen LogP contribution is 2.28. The smallest absolute Gasteiger partial charge is 0.243 e. The van der Waals surface area contributed by atoms with Gasteiger partial charge in [0, 0.05) is 18.6 Å². The van der Waals surface area contributed by atoms with Crippen LogP contribution >= 0.6 is 0 Å². The zero-order valence-corrected chi connectivity index (χ0v) is 15.1. The van der Waals surface area contributed by atoms with E-state index >= 15 is 0 Å². The second kappa shape index (κ2) is 6.88. The van der Waals surface area contributed by atoms with E-state index < -0.39 is 19.9 Å². The van der Waals surface area contributed by atoms with Crippen LogP contribution < -0.4 is 5.73 Å². The molecule has 0 aromatic heterocycles. The zero-order chi connectivity index (χ0) is 17.3. The van der Waals surface area contributed by atoms with Crippen LogP contribution in [0.5, 0.6) is 0 Å². The molecule has 1 aromatic carbocycles. The molecule has 0 bridgehead atoms. The number of benzene rings is 1. The summed E-state index contributed by atoms with van der Waals surface area (Å²) in [6.07, 6.45) is 2.46. The molecule has 0 spiro atoms. The second-order valence-corrected chi connectivity index (χ2v) is 10.1. The van der Waals surface area contributed by atoms with Crippen LogP contribution in [0.15, 0.2) is 34.1 Å². The molecule has 2 N–H and O–H groups in total. The Morgan fingerprint density at radius 2 is 1.87 bits per heavy atom. The summed E-state index contributed by atoms with van der Waals surface area (Å²) in [5.74, 6) is -0.0668. The number of nitrogens with zero attached hydrogens (tertiary/aromatic N) is 1. The van der Waals surface area contributed by atoms with E-state index in [9.17, 15) is 16.8 Å². The number of hydrogen-bond acceptors (Lipinski definition) is 5. The van der Waals surface area contributed by atoms with Crippen molar-refractivity contribution < 1.29 is 16.8 Å². The lowest BCUT2D eigenvalue weighted by Crippen LogP contribution is -2.51. The monoisotopic (exact) mass is 360 g/mol. The predicted octanol–water partition coefficient (Wildman–Crippen LogP) is 1.37. The van der Waals surface area contributed by atoms with Crippen LogP contribution in [0.1, 0.15) is 33.1 Å². The van der Waals surface area contributed by atoms with Gasteiger partial charge in [-0.05, 0) is 38.0 Å². The van der Waals surface area contributed by atoms with E-state index in [1.807, 2.05) is 0 Å². The Labute approximate surface area is 138 Å². The topological polar surface area (TPSA) is 97.5 Å². The van der Waals surface area contributed by atoms with Gasteiger partial charge in [0.15, 0.2) is 9.84 Å². The standard InChI is InChI=1S/C15H24N2O4S2/c1-3-22(18,19)13-7-6-8-14(11-13)23(20,21)17-10-5-4-9-15(17)12(2)16/h6-8,11-12,15H,3-5,9-10,16H2,1-2H3/t12-,15+/m0/s1. The summed E-state index contributed by atoms with van der Waals surface area (Å²) < 4.78 is 51.3.